The number of nitrogens with two attached hydrogens (primary N) is 1. The third kappa shape index (κ3) is 1.91. The van der Waals surface area contributed by atoms with Crippen molar-refractivity contribution in [2.75, 3.05) is 5.73 Å². The topological polar surface area (TPSA) is 80.5 Å². The van der Waals surface area contributed by atoms with Crippen molar-refractivity contribution in [1.29, 1.82) is 0 Å². The van der Waals surface area contributed by atoms with Crippen molar-refractivity contribution in [3.05, 3.63) is 36.0 Å². The minimum absolute atomic E-state index is 0.253. The summed E-state index contributed by atoms with van der Waals surface area (Å²) in [4.78, 5) is 9.53. The fourth-order valence-corrected chi connectivity index (χ4v) is 2.66. The number of nitrogens with one attached hydrogen (secondary N) is 1. The Balaban J connectivity index is 2.10. The van der Waals surface area contributed by atoms with Crippen LogP contribution in [-0.4, -0.2) is 20.2 Å². The molecule has 0 bridgehead atoms. The number of aromatic nitrogens is 4. The number of anilines is 1. The summed E-state index contributed by atoms with van der Waals surface area (Å²) in [5.41, 5.74) is 7.56. The molecule has 0 aliphatic carbocycles. The second-order valence-electron chi connectivity index (χ2n) is 3.89. The summed E-state index contributed by atoms with van der Waals surface area (Å²) in [6.07, 6.45) is 1.72. The highest BCUT2D eigenvalue weighted by molar-refractivity contribution is 7.99. The number of benzene rings is 1. The fourth-order valence-electron chi connectivity index (χ4n) is 1.68. The summed E-state index contributed by atoms with van der Waals surface area (Å²) >= 11 is 1.57. The SMILES string of the molecule is Cc1ccccc1Sc1nc(N)nc2[nH]ncc12. The van der Waals surface area contributed by atoms with Gasteiger partial charge in [-0.1, -0.05) is 30.0 Å². The van der Waals surface area contributed by atoms with E-state index < -0.39 is 0 Å². The molecule has 1 aromatic carbocycles. The second-order valence-corrected chi connectivity index (χ2v) is 4.92. The van der Waals surface area contributed by atoms with Crippen LogP contribution < -0.4 is 5.73 Å². The molecule has 5 nitrogen and oxygen atoms in total. The lowest BCUT2D eigenvalue weighted by Crippen LogP contribution is -1.96. The van der Waals surface area contributed by atoms with Gasteiger partial charge in [0.05, 0.1) is 11.6 Å². The molecule has 0 radical (unpaired) electrons. The van der Waals surface area contributed by atoms with Crippen molar-refractivity contribution in [3.8, 4) is 0 Å². The fraction of sp³-hybridized carbons (Fsp3) is 0.0833. The third-order valence-corrected chi connectivity index (χ3v) is 3.77. The first kappa shape index (κ1) is 11.0. The average molecular weight is 257 g/mol. The number of nitrogens with zero attached hydrogens (tertiary/aromatic N) is 3. The predicted molar refractivity (Wildman–Crippen MR) is 71.4 cm³/mol. The van der Waals surface area contributed by atoms with Crippen molar-refractivity contribution < 1.29 is 0 Å². The molecule has 0 spiro atoms. The van der Waals surface area contributed by atoms with E-state index in [1.165, 1.54) is 5.56 Å². The van der Waals surface area contributed by atoms with Gasteiger partial charge in [-0.3, -0.25) is 5.10 Å². The lowest BCUT2D eigenvalue weighted by molar-refractivity contribution is 1.08. The van der Waals surface area contributed by atoms with Crippen LogP contribution in [0.25, 0.3) is 11.0 Å². The molecule has 0 fully saturated rings. The van der Waals surface area contributed by atoms with Gasteiger partial charge in [0.2, 0.25) is 5.95 Å². The smallest absolute Gasteiger partial charge is 0.223 e. The first-order valence-electron chi connectivity index (χ1n) is 5.44. The van der Waals surface area contributed by atoms with E-state index in [1.807, 2.05) is 12.1 Å². The zero-order valence-electron chi connectivity index (χ0n) is 9.71. The van der Waals surface area contributed by atoms with E-state index in [2.05, 4.69) is 39.2 Å². The number of hydrogen-bond acceptors (Lipinski definition) is 5. The normalized spacial score (nSPS) is 10.9. The second kappa shape index (κ2) is 4.30. The van der Waals surface area contributed by atoms with Crippen molar-refractivity contribution >= 4 is 28.7 Å². The molecular weight excluding hydrogens is 246 g/mol. The lowest BCUT2D eigenvalue weighted by atomic mass is 10.2. The quantitative estimate of drug-likeness (QED) is 0.689. The van der Waals surface area contributed by atoms with Crippen LogP contribution in [0.1, 0.15) is 5.56 Å². The van der Waals surface area contributed by atoms with Gasteiger partial charge in [0.15, 0.2) is 5.65 Å². The van der Waals surface area contributed by atoms with Crippen LogP contribution >= 0.6 is 11.8 Å². The van der Waals surface area contributed by atoms with E-state index in [4.69, 9.17) is 5.73 Å². The molecule has 0 unspecified atom stereocenters. The third-order valence-electron chi connectivity index (χ3n) is 2.59. The Morgan fingerprint density at radius 2 is 2.06 bits per heavy atom. The summed E-state index contributed by atoms with van der Waals surface area (Å²) < 4.78 is 0. The Bertz CT molecular complexity index is 707. The first-order valence-corrected chi connectivity index (χ1v) is 6.26. The maximum atomic E-state index is 5.69. The van der Waals surface area contributed by atoms with Crippen molar-refractivity contribution in [2.24, 2.45) is 0 Å². The van der Waals surface area contributed by atoms with Gasteiger partial charge in [0.1, 0.15) is 5.03 Å². The van der Waals surface area contributed by atoms with Gasteiger partial charge in [-0.05, 0) is 18.6 Å². The maximum Gasteiger partial charge on any atom is 0.223 e. The molecule has 0 saturated carbocycles. The van der Waals surface area contributed by atoms with Gasteiger partial charge in [-0.2, -0.15) is 10.1 Å². The van der Waals surface area contributed by atoms with Crippen molar-refractivity contribution in [2.45, 2.75) is 16.8 Å². The molecule has 0 aliphatic rings. The Hall–Kier alpha value is -2.08. The lowest BCUT2D eigenvalue weighted by Gasteiger charge is -2.05. The predicted octanol–water partition coefficient (Wildman–Crippen LogP) is 2.39. The molecule has 0 aliphatic heterocycles. The molecule has 0 atom stereocenters. The summed E-state index contributed by atoms with van der Waals surface area (Å²) in [6.45, 7) is 2.07. The molecule has 2 aromatic heterocycles. The van der Waals surface area contributed by atoms with Gasteiger partial charge < -0.3 is 5.73 Å². The number of nitrogen functional groups attached to an aromatic ring is 1. The molecule has 3 aromatic rings. The molecule has 0 saturated heterocycles. The van der Waals surface area contributed by atoms with Crippen molar-refractivity contribution in [1.82, 2.24) is 20.2 Å². The molecule has 3 N–H and O–H groups in total. The molecule has 90 valence electrons. The number of fused-ring (bicyclic) bond motifs is 1. The van der Waals surface area contributed by atoms with Crippen LogP contribution in [0.5, 0.6) is 0 Å². The minimum Gasteiger partial charge on any atom is -0.368 e. The number of rotatable bonds is 2. The molecular formula is C12H11N5S. The highest BCUT2D eigenvalue weighted by atomic mass is 32.2. The Morgan fingerprint density at radius 1 is 1.22 bits per heavy atom. The van der Waals surface area contributed by atoms with Crippen LogP contribution in [0.15, 0.2) is 40.4 Å². The summed E-state index contributed by atoms with van der Waals surface area (Å²) in [7, 11) is 0. The van der Waals surface area contributed by atoms with E-state index in [-0.39, 0.29) is 5.95 Å². The van der Waals surface area contributed by atoms with E-state index in [0.717, 1.165) is 15.3 Å². The van der Waals surface area contributed by atoms with Gasteiger partial charge in [0, 0.05) is 4.90 Å². The van der Waals surface area contributed by atoms with Crippen LogP contribution in [-0.2, 0) is 0 Å². The monoisotopic (exact) mass is 257 g/mol. The highest BCUT2D eigenvalue weighted by Crippen LogP contribution is 2.32. The Kier molecular flexibility index (Phi) is 2.64. The van der Waals surface area contributed by atoms with Gasteiger partial charge in [0.25, 0.3) is 0 Å². The van der Waals surface area contributed by atoms with E-state index in [1.54, 1.807) is 18.0 Å². The first-order chi connectivity index (χ1) is 8.74. The Morgan fingerprint density at radius 3 is 2.89 bits per heavy atom. The highest BCUT2D eigenvalue weighted by Gasteiger charge is 2.10. The van der Waals surface area contributed by atoms with Crippen molar-refractivity contribution in [3.63, 3.8) is 0 Å². The number of H-pyrrole nitrogens is 1. The van der Waals surface area contributed by atoms with Crippen LogP contribution in [0.4, 0.5) is 5.95 Å². The number of aromatic amines is 1. The van der Waals surface area contributed by atoms with Crippen LogP contribution in [0.3, 0.4) is 0 Å². The standard InChI is InChI=1S/C12H11N5S/c1-7-4-2-3-5-9(7)18-11-8-6-14-17-10(8)15-12(13)16-11/h2-6H,1H3,(H3,13,14,15,16,17). The van der Waals surface area contributed by atoms with Crippen LogP contribution in [0.2, 0.25) is 0 Å². The molecule has 0 amide bonds. The average Bonchev–Trinajstić information content (AvgIpc) is 2.80. The number of hydrogen-bond donors (Lipinski definition) is 2. The van der Waals surface area contributed by atoms with E-state index in [9.17, 15) is 0 Å². The molecule has 2 heterocycles. The summed E-state index contributed by atoms with van der Waals surface area (Å²) in [5, 5.41) is 8.48. The zero-order chi connectivity index (χ0) is 12.5. The maximum absolute atomic E-state index is 5.69. The van der Waals surface area contributed by atoms with E-state index >= 15 is 0 Å². The number of aryl methyl sites for hydroxylation is 1. The Labute approximate surface area is 108 Å². The van der Waals surface area contributed by atoms with Gasteiger partial charge in [-0.15, -0.1) is 0 Å². The van der Waals surface area contributed by atoms with E-state index in [0.29, 0.717) is 5.65 Å². The molecule has 3 rings (SSSR count). The largest absolute Gasteiger partial charge is 0.368 e. The van der Waals surface area contributed by atoms with Crippen LogP contribution in [0, 0.1) is 6.92 Å². The summed E-state index contributed by atoms with van der Waals surface area (Å²) in [6, 6.07) is 8.15. The molecule has 18 heavy (non-hydrogen) atoms. The zero-order valence-corrected chi connectivity index (χ0v) is 10.5. The molecule has 6 heteroatoms. The van der Waals surface area contributed by atoms with Gasteiger partial charge >= 0.3 is 0 Å². The van der Waals surface area contributed by atoms with Gasteiger partial charge in [-0.25, -0.2) is 4.98 Å². The summed E-state index contributed by atoms with van der Waals surface area (Å²) in [5.74, 6) is 0.253. The minimum atomic E-state index is 0.253.